The van der Waals surface area contributed by atoms with E-state index in [0.29, 0.717) is 5.41 Å². The zero-order valence-corrected chi connectivity index (χ0v) is 11.6. The lowest BCUT2D eigenvalue weighted by Crippen LogP contribution is -2.51. The van der Waals surface area contributed by atoms with Crippen molar-refractivity contribution in [3.05, 3.63) is 12.4 Å². The molecule has 1 aromatic heterocycles. The summed E-state index contributed by atoms with van der Waals surface area (Å²) >= 11 is 0. The van der Waals surface area contributed by atoms with Crippen LogP contribution in [0.5, 0.6) is 5.75 Å². The van der Waals surface area contributed by atoms with Crippen molar-refractivity contribution in [1.82, 2.24) is 15.3 Å². The van der Waals surface area contributed by atoms with Crippen molar-refractivity contribution in [1.29, 1.82) is 0 Å². The number of methoxy groups -OCH3 is 1. The molecule has 104 valence electrons. The Morgan fingerprint density at radius 1 is 1.26 bits per heavy atom. The van der Waals surface area contributed by atoms with E-state index in [9.17, 15) is 0 Å². The quantitative estimate of drug-likeness (QED) is 0.874. The fourth-order valence-corrected chi connectivity index (χ4v) is 3.34. The van der Waals surface area contributed by atoms with Crippen LogP contribution in [-0.4, -0.2) is 43.3 Å². The number of anilines is 1. The first-order valence-corrected chi connectivity index (χ1v) is 7.13. The smallest absolute Gasteiger partial charge is 0.225 e. The molecule has 2 fully saturated rings. The molecule has 0 radical (unpaired) electrons. The fraction of sp³-hybridized carbons (Fsp3) is 0.714. The van der Waals surface area contributed by atoms with E-state index in [-0.39, 0.29) is 0 Å². The lowest BCUT2D eigenvalue weighted by Gasteiger charge is -2.45. The van der Waals surface area contributed by atoms with Gasteiger partial charge in [0.1, 0.15) is 0 Å². The molecule has 1 aromatic rings. The van der Waals surface area contributed by atoms with Crippen LogP contribution in [0.1, 0.15) is 25.7 Å². The SMILES string of the molecule is COc1cnc(N2CCCC3(CCCNC3)C2)nc1. The van der Waals surface area contributed by atoms with Gasteiger partial charge in [-0.2, -0.15) is 0 Å². The maximum atomic E-state index is 5.11. The van der Waals surface area contributed by atoms with Crippen molar-refractivity contribution in [2.45, 2.75) is 25.7 Å². The van der Waals surface area contributed by atoms with Crippen LogP contribution in [0.3, 0.4) is 0 Å². The molecular weight excluding hydrogens is 240 g/mol. The largest absolute Gasteiger partial charge is 0.494 e. The molecule has 1 N–H and O–H groups in total. The standard InChI is InChI=1S/C14H22N4O/c1-19-12-8-16-13(17-9-12)18-7-3-5-14(11-18)4-2-6-15-10-14/h8-9,15H,2-7,10-11H2,1H3. The molecule has 19 heavy (non-hydrogen) atoms. The maximum Gasteiger partial charge on any atom is 0.225 e. The summed E-state index contributed by atoms with van der Waals surface area (Å²) in [5, 5.41) is 3.55. The van der Waals surface area contributed by atoms with Crippen LogP contribution in [0.2, 0.25) is 0 Å². The second-order valence-corrected chi connectivity index (χ2v) is 5.73. The van der Waals surface area contributed by atoms with Gasteiger partial charge in [-0.25, -0.2) is 9.97 Å². The molecule has 2 aliphatic heterocycles. The van der Waals surface area contributed by atoms with E-state index < -0.39 is 0 Å². The van der Waals surface area contributed by atoms with E-state index in [1.54, 1.807) is 19.5 Å². The van der Waals surface area contributed by atoms with Crippen molar-refractivity contribution < 1.29 is 4.74 Å². The molecule has 1 atom stereocenters. The number of hydrogen-bond acceptors (Lipinski definition) is 5. The maximum absolute atomic E-state index is 5.11. The molecule has 3 heterocycles. The molecule has 0 saturated carbocycles. The molecule has 5 heteroatoms. The number of hydrogen-bond donors (Lipinski definition) is 1. The summed E-state index contributed by atoms with van der Waals surface area (Å²) in [6.45, 7) is 4.45. The first-order chi connectivity index (χ1) is 9.31. The molecular formula is C14H22N4O. The highest BCUT2D eigenvalue weighted by molar-refractivity contribution is 5.33. The average Bonchev–Trinajstić information content (AvgIpc) is 2.48. The molecule has 1 spiro atoms. The highest BCUT2D eigenvalue weighted by Gasteiger charge is 2.37. The molecule has 0 aromatic carbocycles. The van der Waals surface area contributed by atoms with E-state index in [2.05, 4.69) is 20.2 Å². The van der Waals surface area contributed by atoms with E-state index in [1.807, 2.05) is 0 Å². The van der Waals surface area contributed by atoms with Crippen LogP contribution in [0, 0.1) is 5.41 Å². The molecule has 2 saturated heterocycles. The van der Waals surface area contributed by atoms with Gasteiger partial charge in [0.2, 0.25) is 5.95 Å². The molecule has 0 amide bonds. The van der Waals surface area contributed by atoms with Gasteiger partial charge in [-0.05, 0) is 32.2 Å². The topological polar surface area (TPSA) is 50.3 Å². The van der Waals surface area contributed by atoms with Gasteiger partial charge in [0.05, 0.1) is 19.5 Å². The third kappa shape index (κ3) is 2.66. The van der Waals surface area contributed by atoms with Crippen molar-refractivity contribution >= 4 is 5.95 Å². The summed E-state index contributed by atoms with van der Waals surface area (Å²) < 4.78 is 5.11. The van der Waals surface area contributed by atoms with Crippen molar-refractivity contribution in [3.8, 4) is 5.75 Å². The van der Waals surface area contributed by atoms with Crippen LogP contribution < -0.4 is 15.0 Å². The number of rotatable bonds is 2. The molecule has 1 unspecified atom stereocenters. The average molecular weight is 262 g/mol. The normalized spacial score (nSPS) is 27.5. The minimum absolute atomic E-state index is 0.430. The Hall–Kier alpha value is -1.36. The van der Waals surface area contributed by atoms with E-state index in [4.69, 9.17) is 4.74 Å². The van der Waals surface area contributed by atoms with Gasteiger partial charge in [0.15, 0.2) is 5.75 Å². The molecule has 0 aliphatic carbocycles. The first-order valence-electron chi connectivity index (χ1n) is 7.13. The Bertz CT molecular complexity index is 408. The molecule has 0 bridgehead atoms. The minimum Gasteiger partial charge on any atom is -0.494 e. The molecule has 3 rings (SSSR count). The zero-order chi connectivity index (χ0) is 13.1. The summed E-state index contributed by atoms with van der Waals surface area (Å²) in [5.74, 6) is 1.56. The third-order valence-corrected chi connectivity index (χ3v) is 4.36. The minimum atomic E-state index is 0.430. The Balaban J connectivity index is 1.73. The summed E-state index contributed by atoms with van der Waals surface area (Å²) in [6.07, 6.45) is 8.68. The second-order valence-electron chi connectivity index (χ2n) is 5.73. The van der Waals surface area contributed by atoms with Gasteiger partial charge in [0.25, 0.3) is 0 Å². The van der Waals surface area contributed by atoms with Gasteiger partial charge in [0, 0.05) is 25.0 Å². The van der Waals surface area contributed by atoms with Gasteiger partial charge in [-0.1, -0.05) is 0 Å². The Morgan fingerprint density at radius 3 is 2.74 bits per heavy atom. The van der Waals surface area contributed by atoms with Gasteiger partial charge < -0.3 is 15.0 Å². The Kier molecular flexibility index (Phi) is 3.55. The molecule has 5 nitrogen and oxygen atoms in total. The highest BCUT2D eigenvalue weighted by Crippen LogP contribution is 2.36. The first kappa shape index (κ1) is 12.7. The summed E-state index contributed by atoms with van der Waals surface area (Å²) in [4.78, 5) is 11.2. The predicted octanol–water partition coefficient (Wildman–Crippen LogP) is 1.46. The summed E-state index contributed by atoms with van der Waals surface area (Å²) in [5.41, 5.74) is 0.430. The van der Waals surface area contributed by atoms with Gasteiger partial charge in [-0.15, -0.1) is 0 Å². The van der Waals surface area contributed by atoms with Gasteiger partial charge >= 0.3 is 0 Å². The second kappa shape index (κ2) is 5.33. The predicted molar refractivity (Wildman–Crippen MR) is 74.6 cm³/mol. The lowest BCUT2D eigenvalue weighted by molar-refractivity contribution is 0.172. The summed E-state index contributed by atoms with van der Waals surface area (Å²) in [6, 6.07) is 0. The third-order valence-electron chi connectivity index (χ3n) is 4.36. The number of piperidine rings is 2. The van der Waals surface area contributed by atoms with E-state index in [0.717, 1.165) is 31.3 Å². The van der Waals surface area contributed by atoms with Crippen molar-refractivity contribution in [3.63, 3.8) is 0 Å². The Labute approximate surface area is 114 Å². The molecule has 2 aliphatic rings. The van der Waals surface area contributed by atoms with Crippen molar-refractivity contribution in [2.75, 3.05) is 38.2 Å². The number of aromatic nitrogens is 2. The van der Waals surface area contributed by atoms with E-state index >= 15 is 0 Å². The van der Waals surface area contributed by atoms with E-state index in [1.165, 1.54) is 32.2 Å². The fourth-order valence-electron chi connectivity index (χ4n) is 3.34. The number of nitrogens with one attached hydrogen (secondary N) is 1. The van der Waals surface area contributed by atoms with Crippen LogP contribution in [0.4, 0.5) is 5.95 Å². The summed E-state index contributed by atoms with van der Waals surface area (Å²) in [7, 11) is 1.64. The zero-order valence-electron chi connectivity index (χ0n) is 11.6. The Morgan fingerprint density at radius 2 is 2.05 bits per heavy atom. The number of nitrogens with zero attached hydrogens (tertiary/aromatic N) is 3. The lowest BCUT2D eigenvalue weighted by atomic mass is 9.74. The highest BCUT2D eigenvalue weighted by atomic mass is 16.5. The number of ether oxygens (including phenoxy) is 1. The van der Waals surface area contributed by atoms with Crippen molar-refractivity contribution in [2.24, 2.45) is 5.41 Å². The van der Waals surface area contributed by atoms with Crippen LogP contribution in [0.25, 0.3) is 0 Å². The van der Waals surface area contributed by atoms with Crippen LogP contribution in [-0.2, 0) is 0 Å². The van der Waals surface area contributed by atoms with Crippen LogP contribution >= 0.6 is 0 Å². The monoisotopic (exact) mass is 262 g/mol. The van der Waals surface area contributed by atoms with Crippen LogP contribution in [0.15, 0.2) is 12.4 Å². The van der Waals surface area contributed by atoms with Gasteiger partial charge in [-0.3, -0.25) is 0 Å².